The van der Waals surface area contributed by atoms with Crippen molar-refractivity contribution in [1.29, 1.82) is 0 Å². The van der Waals surface area contributed by atoms with Gasteiger partial charge in [-0.05, 0) is 35.4 Å². The lowest BCUT2D eigenvalue weighted by atomic mass is 10.2. The Balaban J connectivity index is 1.59. The quantitative estimate of drug-likeness (QED) is 0.370. The molecule has 0 atom stereocenters. The number of hydrogen-bond donors (Lipinski definition) is 1. The molecule has 0 saturated carbocycles. The number of phenolic OH excluding ortho intramolecular Hbond substituents is 1. The Hall–Kier alpha value is -3.90. The van der Waals surface area contributed by atoms with E-state index >= 15 is 0 Å². The zero-order chi connectivity index (χ0) is 21.0. The first kappa shape index (κ1) is 19.1. The van der Waals surface area contributed by atoms with Gasteiger partial charge in [0, 0.05) is 10.8 Å². The van der Waals surface area contributed by atoms with Crippen LogP contribution in [0.5, 0.6) is 5.75 Å². The van der Waals surface area contributed by atoms with Gasteiger partial charge in [0.1, 0.15) is 17.0 Å². The van der Waals surface area contributed by atoms with E-state index in [0.717, 1.165) is 38.4 Å². The summed E-state index contributed by atoms with van der Waals surface area (Å²) in [6.07, 6.45) is 1.71. The van der Waals surface area contributed by atoms with E-state index < -0.39 is 0 Å². The average molecular weight is 426 g/mol. The molecule has 0 aliphatic heterocycles. The molecule has 5 aromatic rings. The number of rotatable bonds is 5. The number of fused-ring (bicyclic) bond motifs is 1. The molecular weight excluding hydrogens is 406 g/mol. The van der Waals surface area contributed by atoms with Gasteiger partial charge in [-0.15, -0.1) is 11.3 Å². The van der Waals surface area contributed by atoms with Gasteiger partial charge in [0.25, 0.3) is 0 Å². The third-order valence-corrected chi connectivity index (χ3v) is 5.65. The minimum atomic E-state index is 0.200. The van der Waals surface area contributed by atoms with Gasteiger partial charge in [-0.1, -0.05) is 60.7 Å². The molecule has 0 amide bonds. The minimum absolute atomic E-state index is 0.200. The Kier molecular flexibility index (Phi) is 5.21. The van der Waals surface area contributed by atoms with Crippen molar-refractivity contribution in [2.24, 2.45) is 10.1 Å². The first-order valence-corrected chi connectivity index (χ1v) is 10.7. The van der Waals surface area contributed by atoms with E-state index in [1.54, 1.807) is 29.1 Å². The van der Waals surface area contributed by atoms with Crippen LogP contribution in [0.2, 0.25) is 0 Å². The highest BCUT2D eigenvalue weighted by Crippen LogP contribution is 2.28. The minimum Gasteiger partial charge on any atom is -0.508 e. The molecule has 2 aromatic heterocycles. The van der Waals surface area contributed by atoms with Crippen molar-refractivity contribution in [2.45, 2.75) is 6.54 Å². The van der Waals surface area contributed by atoms with Crippen molar-refractivity contribution in [3.63, 3.8) is 0 Å². The Morgan fingerprint density at radius 1 is 0.935 bits per heavy atom. The fraction of sp³-hybridized carbons (Fsp3) is 0.0400. The molecule has 1 N–H and O–H groups in total. The Morgan fingerprint density at radius 3 is 2.61 bits per heavy atom. The summed E-state index contributed by atoms with van der Waals surface area (Å²) in [5.74, 6) is 0.928. The molecule has 0 bridgehead atoms. The molecule has 3 aromatic carbocycles. The summed E-state index contributed by atoms with van der Waals surface area (Å²) in [4.78, 5) is 5.54. The molecule has 152 valence electrons. The average Bonchev–Trinajstić information content (AvgIpc) is 3.40. The smallest absolute Gasteiger partial charge is 0.206 e. The molecule has 0 fully saturated rings. The van der Waals surface area contributed by atoms with Crippen LogP contribution >= 0.6 is 11.3 Å². The third kappa shape index (κ3) is 4.20. The molecule has 6 heteroatoms. The van der Waals surface area contributed by atoms with Crippen molar-refractivity contribution in [2.75, 3.05) is 0 Å². The Morgan fingerprint density at radius 2 is 1.77 bits per heavy atom. The van der Waals surface area contributed by atoms with Crippen LogP contribution in [0.3, 0.4) is 0 Å². The van der Waals surface area contributed by atoms with Gasteiger partial charge in [0.05, 0.1) is 12.8 Å². The third-order valence-electron chi connectivity index (χ3n) is 4.80. The zero-order valence-electron chi connectivity index (χ0n) is 16.6. The van der Waals surface area contributed by atoms with E-state index in [4.69, 9.17) is 9.41 Å². The Labute approximate surface area is 182 Å². The molecule has 31 heavy (non-hydrogen) atoms. The highest BCUT2D eigenvalue weighted by molar-refractivity contribution is 7.07. The first-order valence-electron chi connectivity index (χ1n) is 9.83. The van der Waals surface area contributed by atoms with Gasteiger partial charge in [-0.3, -0.25) is 4.99 Å². The maximum absolute atomic E-state index is 9.75. The van der Waals surface area contributed by atoms with Gasteiger partial charge in [0.2, 0.25) is 4.80 Å². The molecule has 2 heterocycles. The number of phenols is 1. The fourth-order valence-electron chi connectivity index (χ4n) is 3.27. The predicted molar refractivity (Wildman–Crippen MR) is 124 cm³/mol. The molecule has 5 rings (SSSR count). The highest BCUT2D eigenvalue weighted by atomic mass is 32.1. The molecule has 0 aliphatic carbocycles. The van der Waals surface area contributed by atoms with Gasteiger partial charge in [0.15, 0.2) is 5.76 Å². The number of para-hydroxylation sites is 1. The van der Waals surface area contributed by atoms with Crippen LogP contribution < -0.4 is 4.80 Å². The second-order valence-corrected chi connectivity index (χ2v) is 7.84. The number of thiazole rings is 1. The zero-order valence-corrected chi connectivity index (χ0v) is 17.4. The topological polar surface area (TPSA) is 63.0 Å². The first-order chi connectivity index (χ1) is 15.3. The lowest BCUT2D eigenvalue weighted by Gasteiger charge is -2.01. The number of hydrogen-bond acceptors (Lipinski definition) is 5. The second kappa shape index (κ2) is 8.45. The van der Waals surface area contributed by atoms with Crippen LogP contribution in [0, 0.1) is 0 Å². The maximum atomic E-state index is 9.75. The van der Waals surface area contributed by atoms with Crippen molar-refractivity contribution >= 4 is 28.5 Å². The highest BCUT2D eigenvalue weighted by Gasteiger charge is 2.12. The SMILES string of the molecule is Oc1cccc(/C=N\n2c(-c3cc4ccccc4o3)csc2=NCc2ccccc2)c1. The lowest BCUT2D eigenvalue weighted by molar-refractivity contribution is 0.475. The second-order valence-electron chi connectivity index (χ2n) is 7.01. The molecule has 0 unspecified atom stereocenters. The summed E-state index contributed by atoms with van der Waals surface area (Å²) in [5, 5.41) is 17.5. The van der Waals surface area contributed by atoms with Crippen LogP contribution in [0.25, 0.3) is 22.4 Å². The lowest BCUT2D eigenvalue weighted by Crippen LogP contribution is -2.12. The maximum Gasteiger partial charge on any atom is 0.206 e. The van der Waals surface area contributed by atoms with Crippen LogP contribution in [0.4, 0.5) is 0 Å². The molecule has 0 aliphatic rings. The van der Waals surface area contributed by atoms with E-state index in [-0.39, 0.29) is 5.75 Å². The molecule has 0 radical (unpaired) electrons. The van der Waals surface area contributed by atoms with E-state index in [0.29, 0.717) is 6.54 Å². The van der Waals surface area contributed by atoms with Crippen molar-refractivity contribution in [1.82, 2.24) is 4.68 Å². The summed E-state index contributed by atoms with van der Waals surface area (Å²) in [7, 11) is 0. The standard InChI is InChI=1S/C25H19N3O2S/c29-21-11-6-9-19(13-21)16-27-28-22(24-14-20-10-4-5-12-23(20)30-24)17-31-25(28)26-15-18-7-2-1-3-8-18/h1-14,16-17,29H,15H2/b26-25?,27-16-. The van der Waals surface area contributed by atoms with E-state index in [9.17, 15) is 5.11 Å². The van der Waals surface area contributed by atoms with E-state index in [1.807, 2.05) is 60.0 Å². The van der Waals surface area contributed by atoms with Gasteiger partial charge in [-0.2, -0.15) is 5.10 Å². The monoisotopic (exact) mass is 425 g/mol. The summed E-state index contributed by atoms with van der Waals surface area (Å²) in [5.41, 5.74) is 3.58. The van der Waals surface area contributed by atoms with Crippen LogP contribution in [-0.4, -0.2) is 16.0 Å². The fourth-order valence-corrected chi connectivity index (χ4v) is 4.09. The molecule has 0 saturated heterocycles. The molecule has 0 spiro atoms. The van der Waals surface area contributed by atoms with Gasteiger partial charge >= 0.3 is 0 Å². The Bertz CT molecular complexity index is 1390. The van der Waals surface area contributed by atoms with Gasteiger partial charge in [-0.25, -0.2) is 4.68 Å². The summed E-state index contributed by atoms with van der Waals surface area (Å²) < 4.78 is 7.86. The number of furan rings is 1. The number of nitrogens with zero attached hydrogens (tertiary/aromatic N) is 3. The number of aromatic nitrogens is 1. The van der Waals surface area contributed by atoms with Crippen molar-refractivity contribution in [3.8, 4) is 17.2 Å². The van der Waals surface area contributed by atoms with Crippen LogP contribution in [0.1, 0.15) is 11.1 Å². The van der Waals surface area contributed by atoms with E-state index in [2.05, 4.69) is 17.2 Å². The van der Waals surface area contributed by atoms with Crippen molar-refractivity contribution in [3.05, 3.63) is 106 Å². The predicted octanol–water partition coefficient (Wildman–Crippen LogP) is 5.65. The van der Waals surface area contributed by atoms with Gasteiger partial charge < -0.3 is 9.52 Å². The van der Waals surface area contributed by atoms with E-state index in [1.165, 1.54) is 11.3 Å². The molecule has 5 nitrogen and oxygen atoms in total. The van der Waals surface area contributed by atoms with Crippen molar-refractivity contribution < 1.29 is 9.52 Å². The summed E-state index contributed by atoms with van der Waals surface area (Å²) in [6.45, 7) is 0.558. The normalized spacial score (nSPS) is 12.2. The van der Waals surface area contributed by atoms with Crippen LogP contribution in [0.15, 0.2) is 105 Å². The molecular formula is C25H19N3O2S. The number of aromatic hydroxyl groups is 1. The van der Waals surface area contributed by atoms with Crippen LogP contribution in [-0.2, 0) is 6.54 Å². The number of benzene rings is 3. The summed E-state index contributed by atoms with van der Waals surface area (Å²) in [6, 6.07) is 27.0. The largest absolute Gasteiger partial charge is 0.508 e. The summed E-state index contributed by atoms with van der Waals surface area (Å²) >= 11 is 1.51.